The van der Waals surface area contributed by atoms with Crippen LogP contribution in [0.15, 0.2) is 35.1 Å². The maximum atomic E-state index is 9.28. The highest BCUT2D eigenvalue weighted by atomic mass is 79.9. The van der Waals surface area contributed by atoms with E-state index < -0.39 is 0 Å². The topological polar surface area (TPSA) is 53.6 Å². The van der Waals surface area contributed by atoms with Crippen LogP contribution in [0.3, 0.4) is 0 Å². The molecular formula is C14H13BrN4. The van der Waals surface area contributed by atoms with Crippen molar-refractivity contribution in [3.05, 3.63) is 46.2 Å². The van der Waals surface area contributed by atoms with Gasteiger partial charge >= 0.3 is 0 Å². The van der Waals surface area contributed by atoms with Crippen LogP contribution >= 0.6 is 15.9 Å². The second kappa shape index (κ2) is 5.16. The molecule has 1 heterocycles. The molecule has 0 atom stereocenters. The summed E-state index contributed by atoms with van der Waals surface area (Å²) in [6, 6.07) is 8.84. The maximum Gasteiger partial charge on any atom is 0.101 e. The molecule has 0 unspecified atom stereocenters. The normalized spacial score (nSPS) is 14.3. The summed E-state index contributed by atoms with van der Waals surface area (Å²) in [6.07, 6.45) is 6.09. The zero-order chi connectivity index (χ0) is 13.2. The standard InChI is InChI=1S/C14H13BrN4/c15-12-8-18-19(9-12)14-4-1-10(5-11(14)6-16)7-17-13-2-3-13/h1,4-5,8-9,13,17H,2-3,7H2. The molecule has 0 spiro atoms. The van der Waals surface area contributed by atoms with Crippen LogP contribution in [-0.4, -0.2) is 15.8 Å². The molecule has 2 aromatic rings. The minimum atomic E-state index is 0.644. The first-order chi connectivity index (χ1) is 9.26. The molecule has 4 nitrogen and oxygen atoms in total. The van der Waals surface area contributed by atoms with Gasteiger partial charge in [-0.15, -0.1) is 0 Å². The van der Waals surface area contributed by atoms with E-state index in [-0.39, 0.29) is 0 Å². The van der Waals surface area contributed by atoms with E-state index in [4.69, 9.17) is 0 Å². The molecule has 1 saturated carbocycles. The Morgan fingerprint density at radius 1 is 1.47 bits per heavy atom. The lowest BCUT2D eigenvalue weighted by atomic mass is 10.1. The number of hydrogen-bond acceptors (Lipinski definition) is 3. The molecule has 0 radical (unpaired) electrons. The van der Waals surface area contributed by atoms with Crippen molar-refractivity contribution in [1.29, 1.82) is 5.26 Å². The van der Waals surface area contributed by atoms with Gasteiger partial charge in [-0.2, -0.15) is 10.4 Å². The predicted octanol–water partition coefficient (Wildman–Crippen LogP) is 2.76. The highest BCUT2D eigenvalue weighted by Gasteiger charge is 2.20. The third kappa shape index (κ3) is 2.86. The van der Waals surface area contributed by atoms with Gasteiger partial charge in [0.1, 0.15) is 6.07 Å². The van der Waals surface area contributed by atoms with Crippen molar-refractivity contribution in [1.82, 2.24) is 15.1 Å². The van der Waals surface area contributed by atoms with Crippen molar-refractivity contribution in [3.8, 4) is 11.8 Å². The monoisotopic (exact) mass is 316 g/mol. The summed E-state index contributed by atoms with van der Waals surface area (Å²) in [5.41, 5.74) is 2.59. The number of halogens is 1. The lowest BCUT2D eigenvalue weighted by molar-refractivity contribution is 0.687. The minimum Gasteiger partial charge on any atom is -0.310 e. The molecule has 3 rings (SSSR count). The first-order valence-corrected chi connectivity index (χ1v) is 7.02. The zero-order valence-electron chi connectivity index (χ0n) is 10.3. The van der Waals surface area contributed by atoms with Crippen molar-refractivity contribution in [2.45, 2.75) is 25.4 Å². The molecule has 0 saturated heterocycles. The van der Waals surface area contributed by atoms with E-state index in [0.717, 1.165) is 22.3 Å². The van der Waals surface area contributed by atoms with Crippen LogP contribution < -0.4 is 5.32 Å². The first kappa shape index (κ1) is 12.4. The Labute approximate surface area is 120 Å². The molecule has 96 valence electrons. The van der Waals surface area contributed by atoms with Gasteiger partial charge in [0.15, 0.2) is 0 Å². The molecule has 1 aromatic heterocycles. The van der Waals surface area contributed by atoms with Crippen molar-refractivity contribution in [3.63, 3.8) is 0 Å². The Balaban J connectivity index is 1.86. The summed E-state index contributed by atoms with van der Waals surface area (Å²) in [5, 5.41) is 16.9. The molecular weight excluding hydrogens is 304 g/mol. The SMILES string of the molecule is N#Cc1cc(CNC2CC2)ccc1-n1cc(Br)cn1. The Bertz CT molecular complexity index is 637. The average Bonchev–Trinajstić information content (AvgIpc) is 3.17. The van der Waals surface area contributed by atoms with E-state index in [1.54, 1.807) is 10.9 Å². The second-order valence-corrected chi connectivity index (χ2v) is 5.64. The van der Waals surface area contributed by atoms with Gasteiger partial charge < -0.3 is 5.32 Å². The van der Waals surface area contributed by atoms with Gasteiger partial charge in [-0.3, -0.25) is 0 Å². The number of hydrogen-bond donors (Lipinski definition) is 1. The van der Waals surface area contributed by atoms with Gasteiger partial charge in [0.05, 0.1) is 21.9 Å². The molecule has 0 bridgehead atoms. The fourth-order valence-electron chi connectivity index (χ4n) is 1.96. The van der Waals surface area contributed by atoms with Gasteiger partial charge in [-0.1, -0.05) is 6.07 Å². The van der Waals surface area contributed by atoms with Gasteiger partial charge in [0.2, 0.25) is 0 Å². The molecule has 1 aliphatic rings. The van der Waals surface area contributed by atoms with Gasteiger partial charge in [0.25, 0.3) is 0 Å². The fraction of sp³-hybridized carbons (Fsp3) is 0.286. The van der Waals surface area contributed by atoms with Crippen LogP contribution in [-0.2, 0) is 6.54 Å². The molecule has 0 amide bonds. The van der Waals surface area contributed by atoms with Gasteiger partial charge in [0, 0.05) is 18.8 Å². The minimum absolute atomic E-state index is 0.644. The lowest BCUT2D eigenvalue weighted by Crippen LogP contribution is -2.15. The Morgan fingerprint density at radius 2 is 2.32 bits per heavy atom. The second-order valence-electron chi connectivity index (χ2n) is 4.72. The number of aromatic nitrogens is 2. The molecule has 1 N–H and O–H groups in total. The quantitative estimate of drug-likeness (QED) is 0.943. The van der Waals surface area contributed by atoms with Crippen molar-refractivity contribution >= 4 is 15.9 Å². The maximum absolute atomic E-state index is 9.28. The van der Waals surface area contributed by atoms with E-state index in [1.807, 2.05) is 24.4 Å². The number of nitrogens with zero attached hydrogens (tertiary/aromatic N) is 3. The fourth-order valence-corrected chi connectivity index (χ4v) is 2.25. The summed E-state index contributed by atoms with van der Waals surface area (Å²) in [4.78, 5) is 0. The number of rotatable bonds is 4. The van der Waals surface area contributed by atoms with E-state index >= 15 is 0 Å². The molecule has 19 heavy (non-hydrogen) atoms. The van der Waals surface area contributed by atoms with Gasteiger partial charge in [-0.05, 0) is 46.5 Å². The Morgan fingerprint density at radius 3 is 2.95 bits per heavy atom. The van der Waals surface area contributed by atoms with Gasteiger partial charge in [-0.25, -0.2) is 4.68 Å². The number of nitriles is 1. The molecule has 1 aromatic carbocycles. The number of benzene rings is 1. The largest absolute Gasteiger partial charge is 0.310 e. The van der Waals surface area contributed by atoms with Crippen LogP contribution in [0.5, 0.6) is 0 Å². The first-order valence-electron chi connectivity index (χ1n) is 6.23. The third-order valence-electron chi connectivity index (χ3n) is 3.15. The van der Waals surface area contributed by atoms with Crippen molar-refractivity contribution in [2.75, 3.05) is 0 Å². The van der Waals surface area contributed by atoms with Crippen LogP contribution in [0.2, 0.25) is 0 Å². The Hall–Kier alpha value is -1.64. The highest BCUT2D eigenvalue weighted by molar-refractivity contribution is 9.10. The molecule has 0 aliphatic heterocycles. The van der Waals surface area contributed by atoms with Crippen LogP contribution in [0, 0.1) is 11.3 Å². The zero-order valence-corrected chi connectivity index (χ0v) is 11.9. The molecule has 1 aliphatic carbocycles. The van der Waals surface area contributed by atoms with Crippen LogP contribution in [0.25, 0.3) is 5.69 Å². The van der Waals surface area contributed by atoms with Crippen molar-refractivity contribution < 1.29 is 0 Å². The summed E-state index contributed by atoms with van der Waals surface area (Å²) >= 11 is 3.36. The predicted molar refractivity (Wildman–Crippen MR) is 75.8 cm³/mol. The van der Waals surface area contributed by atoms with E-state index in [1.165, 1.54) is 12.8 Å². The Kier molecular flexibility index (Phi) is 3.36. The van der Waals surface area contributed by atoms with Crippen LogP contribution in [0.1, 0.15) is 24.0 Å². The lowest BCUT2D eigenvalue weighted by Gasteiger charge is -2.07. The van der Waals surface area contributed by atoms with Crippen molar-refractivity contribution in [2.24, 2.45) is 0 Å². The highest BCUT2D eigenvalue weighted by Crippen LogP contribution is 2.21. The molecule has 5 heteroatoms. The van der Waals surface area contributed by atoms with Crippen LogP contribution in [0.4, 0.5) is 0 Å². The summed E-state index contributed by atoms with van der Waals surface area (Å²) in [5.74, 6) is 0. The van der Waals surface area contributed by atoms with E-state index in [9.17, 15) is 5.26 Å². The third-order valence-corrected chi connectivity index (χ3v) is 3.56. The summed E-state index contributed by atoms with van der Waals surface area (Å²) < 4.78 is 2.61. The van der Waals surface area contributed by atoms with E-state index in [2.05, 4.69) is 32.4 Å². The summed E-state index contributed by atoms with van der Waals surface area (Å²) in [7, 11) is 0. The number of nitrogens with one attached hydrogen (secondary N) is 1. The average molecular weight is 317 g/mol. The van der Waals surface area contributed by atoms with E-state index in [0.29, 0.717) is 11.6 Å². The molecule has 1 fully saturated rings. The summed E-state index contributed by atoms with van der Waals surface area (Å²) in [6.45, 7) is 0.822. The smallest absolute Gasteiger partial charge is 0.101 e.